The lowest BCUT2D eigenvalue weighted by atomic mass is 10.3. The van der Waals surface area contributed by atoms with E-state index < -0.39 is 0 Å². The Balaban J connectivity index is 1.44. The van der Waals surface area contributed by atoms with E-state index in [1.807, 2.05) is 30.3 Å². The van der Waals surface area contributed by atoms with Gasteiger partial charge in [0.2, 0.25) is 11.0 Å². The first-order valence-electron chi connectivity index (χ1n) is 6.48. The summed E-state index contributed by atoms with van der Waals surface area (Å²) in [6.45, 7) is 0.175. The van der Waals surface area contributed by atoms with Crippen LogP contribution >= 0.6 is 23.1 Å². The number of carbonyl (C=O) groups excluding carboxylic acids is 1. The molecule has 1 amide bonds. The molecule has 0 unspecified atom stereocenters. The summed E-state index contributed by atoms with van der Waals surface area (Å²) in [5, 5.41) is 18.5. The van der Waals surface area contributed by atoms with Crippen LogP contribution in [-0.2, 0) is 11.4 Å². The van der Waals surface area contributed by atoms with Crippen LogP contribution in [0.5, 0.6) is 5.75 Å². The van der Waals surface area contributed by atoms with Gasteiger partial charge in [-0.1, -0.05) is 41.3 Å². The fourth-order valence-corrected chi connectivity index (χ4v) is 2.57. The van der Waals surface area contributed by atoms with Crippen LogP contribution < -0.4 is 10.1 Å². The van der Waals surface area contributed by atoms with Crippen LogP contribution in [0.15, 0.2) is 45.5 Å². The van der Waals surface area contributed by atoms with E-state index in [0.29, 0.717) is 16.2 Å². The molecule has 0 atom stereocenters. The molecule has 0 bridgehead atoms. The third-order valence-corrected chi connectivity index (χ3v) is 3.91. The highest BCUT2D eigenvalue weighted by atomic mass is 32.2. The number of ether oxygens (including phenoxy) is 1. The molecule has 2 aromatic heterocycles. The Morgan fingerprint density at radius 1 is 1.26 bits per heavy atom. The zero-order valence-corrected chi connectivity index (χ0v) is 13.3. The first-order valence-corrected chi connectivity index (χ1v) is 8.35. The Kier molecular flexibility index (Phi) is 5.17. The van der Waals surface area contributed by atoms with Crippen molar-refractivity contribution in [1.82, 2.24) is 20.4 Å². The average Bonchev–Trinajstić information content (AvgIpc) is 3.24. The van der Waals surface area contributed by atoms with Gasteiger partial charge in [-0.15, -0.1) is 20.4 Å². The molecule has 118 valence electrons. The van der Waals surface area contributed by atoms with E-state index in [1.54, 1.807) is 5.51 Å². The summed E-state index contributed by atoms with van der Waals surface area (Å²) in [6, 6.07) is 9.33. The van der Waals surface area contributed by atoms with Crippen molar-refractivity contribution in [3.8, 4) is 5.75 Å². The minimum absolute atomic E-state index is 0.140. The number of hydrogen-bond acceptors (Lipinski definition) is 9. The van der Waals surface area contributed by atoms with Crippen LogP contribution in [0.3, 0.4) is 0 Å². The Labute approximate surface area is 139 Å². The molecule has 1 aromatic carbocycles. The first kappa shape index (κ1) is 15.4. The predicted molar refractivity (Wildman–Crippen MR) is 84.3 cm³/mol. The minimum Gasteiger partial charge on any atom is -0.484 e. The highest BCUT2D eigenvalue weighted by Gasteiger charge is 2.11. The van der Waals surface area contributed by atoms with E-state index in [2.05, 4.69) is 25.7 Å². The van der Waals surface area contributed by atoms with Gasteiger partial charge in [-0.25, -0.2) is 0 Å². The molecule has 1 N–H and O–H groups in total. The number of aromatic nitrogens is 4. The molecular formula is C13H11N5O3S2. The van der Waals surface area contributed by atoms with E-state index in [-0.39, 0.29) is 18.3 Å². The fourth-order valence-electron chi connectivity index (χ4n) is 1.53. The monoisotopic (exact) mass is 349 g/mol. The quantitative estimate of drug-likeness (QED) is 0.648. The van der Waals surface area contributed by atoms with Gasteiger partial charge in [0.15, 0.2) is 6.61 Å². The van der Waals surface area contributed by atoms with Crippen molar-refractivity contribution < 1.29 is 13.9 Å². The second-order valence-corrected chi connectivity index (χ2v) is 5.90. The van der Waals surface area contributed by atoms with Gasteiger partial charge >= 0.3 is 0 Å². The molecule has 0 aliphatic rings. The highest BCUT2D eigenvalue weighted by molar-refractivity contribution is 7.99. The molecule has 0 saturated heterocycles. The lowest BCUT2D eigenvalue weighted by Gasteiger charge is -2.01. The van der Waals surface area contributed by atoms with Crippen molar-refractivity contribution in [2.45, 2.75) is 11.8 Å². The lowest BCUT2D eigenvalue weighted by Crippen LogP contribution is -2.13. The summed E-state index contributed by atoms with van der Waals surface area (Å²) in [6.07, 6.45) is 0. The average molecular weight is 349 g/mol. The maximum absolute atomic E-state index is 11.7. The van der Waals surface area contributed by atoms with Crippen molar-refractivity contribution >= 4 is 34.1 Å². The molecule has 0 radical (unpaired) electrons. The van der Waals surface area contributed by atoms with Gasteiger partial charge in [0.25, 0.3) is 11.1 Å². The van der Waals surface area contributed by atoms with Gasteiger partial charge in [0.05, 0.1) is 5.75 Å². The number of nitrogens with zero attached hydrogens (tertiary/aromatic N) is 4. The summed E-state index contributed by atoms with van der Waals surface area (Å²) >= 11 is 2.39. The highest BCUT2D eigenvalue weighted by Crippen LogP contribution is 2.18. The second kappa shape index (κ2) is 7.70. The smallest absolute Gasteiger partial charge is 0.277 e. The second-order valence-electron chi connectivity index (χ2n) is 4.14. The van der Waals surface area contributed by atoms with E-state index in [1.165, 1.54) is 11.3 Å². The van der Waals surface area contributed by atoms with Crippen molar-refractivity contribution in [3.63, 3.8) is 0 Å². The van der Waals surface area contributed by atoms with E-state index in [4.69, 9.17) is 9.15 Å². The molecule has 23 heavy (non-hydrogen) atoms. The number of amides is 1. The molecule has 0 spiro atoms. The molecule has 8 nitrogen and oxygen atoms in total. The Hall–Kier alpha value is -2.46. The number of nitrogens with one attached hydrogen (secondary N) is 1. The summed E-state index contributed by atoms with van der Waals surface area (Å²) in [4.78, 5) is 11.7. The number of benzene rings is 1. The Morgan fingerprint density at radius 3 is 2.91 bits per heavy atom. The number of carbonyl (C=O) groups is 1. The van der Waals surface area contributed by atoms with Crippen molar-refractivity contribution in [2.24, 2.45) is 0 Å². The third-order valence-electron chi connectivity index (χ3n) is 2.49. The Morgan fingerprint density at radius 2 is 2.13 bits per heavy atom. The van der Waals surface area contributed by atoms with Crippen LogP contribution in [0.2, 0.25) is 0 Å². The van der Waals surface area contributed by atoms with Gasteiger partial charge in [-0.2, -0.15) is 0 Å². The number of hydrogen-bond donors (Lipinski definition) is 1. The van der Waals surface area contributed by atoms with Gasteiger partial charge in [-0.05, 0) is 12.1 Å². The van der Waals surface area contributed by atoms with Gasteiger partial charge in [-0.3, -0.25) is 10.1 Å². The van der Waals surface area contributed by atoms with Gasteiger partial charge < -0.3 is 9.15 Å². The minimum atomic E-state index is -0.216. The molecule has 3 aromatic rings. The standard InChI is InChI=1S/C13H11N5O3S2/c19-10(15-12-17-14-8-23-12)7-22-13-18-16-11(21-13)6-20-9-4-2-1-3-5-9/h1-5,8H,6-7H2,(H,15,17,19). The van der Waals surface area contributed by atoms with Crippen LogP contribution in [0, 0.1) is 0 Å². The zero-order chi connectivity index (χ0) is 15.9. The van der Waals surface area contributed by atoms with Crippen LogP contribution in [0.25, 0.3) is 0 Å². The molecule has 0 saturated carbocycles. The Bertz CT molecular complexity index is 748. The largest absolute Gasteiger partial charge is 0.484 e. The van der Waals surface area contributed by atoms with E-state index in [0.717, 1.165) is 17.5 Å². The molecule has 3 rings (SSSR count). The van der Waals surface area contributed by atoms with Crippen LogP contribution in [-0.4, -0.2) is 32.1 Å². The lowest BCUT2D eigenvalue weighted by molar-refractivity contribution is -0.113. The third kappa shape index (κ3) is 4.76. The van der Waals surface area contributed by atoms with Crippen LogP contribution in [0.1, 0.15) is 5.89 Å². The van der Waals surface area contributed by atoms with Crippen LogP contribution in [0.4, 0.5) is 5.13 Å². The normalized spacial score (nSPS) is 10.4. The maximum Gasteiger partial charge on any atom is 0.277 e. The van der Waals surface area contributed by atoms with Gasteiger partial charge in [0, 0.05) is 0 Å². The van der Waals surface area contributed by atoms with Crippen molar-refractivity contribution in [1.29, 1.82) is 0 Å². The number of anilines is 1. The summed E-state index contributed by atoms with van der Waals surface area (Å²) in [5.74, 6) is 0.991. The molecule has 0 fully saturated rings. The molecule has 0 aliphatic carbocycles. The predicted octanol–water partition coefficient (Wildman–Crippen LogP) is 2.23. The van der Waals surface area contributed by atoms with Crippen molar-refractivity contribution in [3.05, 3.63) is 41.7 Å². The maximum atomic E-state index is 11.7. The molecular weight excluding hydrogens is 338 g/mol. The zero-order valence-electron chi connectivity index (χ0n) is 11.7. The van der Waals surface area contributed by atoms with Gasteiger partial charge in [0.1, 0.15) is 11.3 Å². The number of para-hydroxylation sites is 1. The summed E-state index contributed by atoms with van der Waals surface area (Å²) in [7, 11) is 0. The molecule has 2 heterocycles. The summed E-state index contributed by atoms with van der Waals surface area (Å²) in [5.41, 5.74) is 1.54. The number of thioether (sulfide) groups is 1. The summed E-state index contributed by atoms with van der Waals surface area (Å²) < 4.78 is 10.9. The fraction of sp³-hybridized carbons (Fsp3) is 0.154. The SMILES string of the molecule is O=C(CSc1nnc(COc2ccccc2)o1)Nc1nncs1. The molecule has 0 aliphatic heterocycles. The van der Waals surface area contributed by atoms with Crippen molar-refractivity contribution in [2.75, 3.05) is 11.1 Å². The molecule has 10 heteroatoms. The first-order chi connectivity index (χ1) is 11.3. The van der Waals surface area contributed by atoms with E-state index >= 15 is 0 Å². The van der Waals surface area contributed by atoms with E-state index in [9.17, 15) is 4.79 Å². The number of rotatable bonds is 7. The topological polar surface area (TPSA) is 103 Å².